The summed E-state index contributed by atoms with van der Waals surface area (Å²) in [6, 6.07) is 4.17. The van der Waals surface area contributed by atoms with E-state index < -0.39 is 15.6 Å². The first-order chi connectivity index (χ1) is 8.94. The highest BCUT2D eigenvalue weighted by molar-refractivity contribution is 7.89. The van der Waals surface area contributed by atoms with Crippen molar-refractivity contribution in [2.75, 3.05) is 0 Å². The lowest BCUT2D eigenvalue weighted by Crippen LogP contribution is -2.40. The van der Waals surface area contributed by atoms with Gasteiger partial charge in [-0.15, -0.1) is 0 Å². The summed E-state index contributed by atoms with van der Waals surface area (Å²) in [4.78, 5) is 12.1. The lowest BCUT2D eigenvalue weighted by Gasteiger charge is -2.20. The summed E-state index contributed by atoms with van der Waals surface area (Å²) in [5, 5.41) is 0.262. The monoisotopic (exact) mass is 317 g/mol. The number of carbonyl (C=O) groups excluding carboxylic acids is 1. The highest BCUT2D eigenvalue weighted by Crippen LogP contribution is 2.24. The first-order valence-electron chi connectivity index (χ1n) is 6.32. The second-order valence-corrected chi connectivity index (χ2v) is 8.11. The topological polar surface area (TPSA) is 63.2 Å². The molecule has 0 aliphatic carbocycles. The van der Waals surface area contributed by atoms with Gasteiger partial charge in [-0.1, -0.05) is 25.4 Å². The predicted molar refractivity (Wildman–Crippen MR) is 80.7 cm³/mol. The Morgan fingerprint density at radius 1 is 1.25 bits per heavy atom. The van der Waals surface area contributed by atoms with Crippen molar-refractivity contribution in [1.29, 1.82) is 0 Å². The molecule has 0 saturated carbocycles. The van der Waals surface area contributed by atoms with Gasteiger partial charge in [-0.3, -0.25) is 4.79 Å². The average molecular weight is 318 g/mol. The van der Waals surface area contributed by atoms with Gasteiger partial charge < -0.3 is 0 Å². The summed E-state index contributed by atoms with van der Waals surface area (Å²) in [6.07, 6.45) is 0. The highest BCUT2D eigenvalue weighted by Gasteiger charge is 2.24. The van der Waals surface area contributed by atoms with Crippen LogP contribution in [-0.4, -0.2) is 19.7 Å². The van der Waals surface area contributed by atoms with Crippen LogP contribution >= 0.6 is 11.6 Å². The van der Waals surface area contributed by atoms with E-state index >= 15 is 0 Å². The molecule has 4 nitrogen and oxygen atoms in total. The quantitative estimate of drug-likeness (QED) is 0.867. The minimum Gasteiger partial charge on any atom is -0.294 e. The van der Waals surface area contributed by atoms with Crippen LogP contribution in [0, 0.1) is 5.92 Å². The van der Waals surface area contributed by atoms with E-state index in [-0.39, 0.29) is 27.2 Å². The maximum atomic E-state index is 12.2. The third kappa shape index (κ3) is 4.30. The second kappa shape index (κ2) is 5.84. The molecule has 0 saturated heterocycles. The van der Waals surface area contributed by atoms with Crippen molar-refractivity contribution < 1.29 is 13.2 Å². The number of carbonyl (C=O) groups is 1. The Hall–Kier alpha value is -0.910. The zero-order valence-corrected chi connectivity index (χ0v) is 13.9. The Morgan fingerprint density at radius 3 is 2.25 bits per heavy atom. The number of nitrogens with one attached hydrogen (secondary N) is 1. The van der Waals surface area contributed by atoms with Crippen molar-refractivity contribution in [1.82, 2.24) is 4.72 Å². The number of sulfonamides is 1. The summed E-state index contributed by atoms with van der Waals surface area (Å²) < 4.78 is 27.0. The lowest BCUT2D eigenvalue weighted by atomic mass is 10.0. The van der Waals surface area contributed by atoms with Crippen molar-refractivity contribution in [2.24, 2.45) is 5.92 Å². The fraction of sp³-hybridized carbons (Fsp3) is 0.500. The maximum absolute atomic E-state index is 12.2. The van der Waals surface area contributed by atoms with Crippen LogP contribution in [0.15, 0.2) is 23.1 Å². The normalized spacial score (nSPS) is 12.8. The molecule has 0 spiro atoms. The highest BCUT2D eigenvalue weighted by atomic mass is 35.5. The summed E-state index contributed by atoms with van der Waals surface area (Å²) in [7, 11) is -3.68. The SMILES string of the molecule is CC(C)C(=O)c1cc(S(=O)(=O)NC(C)(C)C)ccc1Cl. The van der Waals surface area contributed by atoms with Crippen LogP contribution in [0.25, 0.3) is 0 Å². The van der Waals surface area contributed by atoms with E-state index in [0.29, 0.717) is 0 Å². The summed E-state index contributed by atoms with van der Waals surface area (Å²) in [5.74, 6) is -0.427. The molecule has 0 aliphatic rings. The summed E-state index contributed by atoms with van der Waals surface area (Å²) in [6.45, 7) is 8.74. The number of halogens is 1. The molecule has 6 heteroatoms. The number of ketones is 1. The van der Waals surface area contributed by atoms with Crippen LogP contribution in [0.3, 0.4) is 0 Å². The zero-order chi connectivity index (χ0) is 15.7. The minimum absolute atomic E-state index is 0.0424. The molecular weight excluding hydrogens is 298 g/mol. The standard InChI is InChI=1S/C14H20ClNO3S/c1-9(2)13(17)11-8-10(6-7-12(11)15)20(18,19)16-14(3,4)5/h6-9,16H,1-5H3. The molecule has 0 aliphatic heterocycles. The Bertz CT molecular complexity index is 616. The number of rotatable bonds is 4. The third-order valence-corrected chi connectivity index (χ3v) is 4.56. The predicted octanol–water partition coefficient (Wildman–Crippen LogP) is 3.26. The van der Waals surface area contributed by atoms with Crippen molar-refractivity contribution in [2.45, 2.75) is 45.1 Å². The van der Waals surface area contributed by atoms with Crippen molar-refractivity contribution in [3.8, 4) is 0 Å². The Morgan fingerprint density at radius 2 is 1.80 bits per heavy atom. The molecule has 20 heavy (non-hydrogen) atoms. The molecule has 1 aromatic carbocycles. The molecule has 0 heterocycles. The van der Waals surface area contributed by atoms with Gasteiger partial charge in [-0.05, 0) is 39.0 Å². The first kappa shape index (κ1) is 17.1. The number of Topliss-reactive ketones (excluding diaryl/α,β-unsaturated/α-hetero) is 1. The van der Waals surface area contributed by atoms with Gasteiger partial charge in [0, 0.05) is 17.0 Å². The molecule has 0 unspecified atom stereocenters. The number of benzene rings is 1. The third-order valence-electron chi connectivity index (χ3n) is 2.48. The number of hydrogen-bond donors (Lipinski definition) is 1. The van der Waals surface area contributed by atoms with Crippen LogP contribution in [0.4, 0.5) is 0 Å². The van der Waals surface area contributed by atoms with Crippen LogP contribution < -0.4 is 4.72 Å². The fourth-order valence-electron chi connectivity index (χ4n) is 1.63. The van der Waals surface area contributed by atoms with Gasteiger partial charge in [0.2, 0.25) is 10.0 Å². The van der Waals surface area contributed by atoms with E-state index in [9.17, 15) is 13.2 Å². The molecular formula is C14H20ClNO3S. The van der Waals surface area contributed by atoms with Gasteiger partial charge in [0.25, 0.3) is 0 Å². The molecule has 1 rings (SSSR count). The number of hydrogen-bond acceptors (Lipinski definition) is 3. The Labute approximate surface area is 125 Å². The molecule has 1 N–H and O–H groups in total. The lowest BCUT2D eigenvalue weighted by molar-refractivity contribution is 0.0939. The molecule has 0 bridgehead atoms. The van der Waals surface area contributed by atoms with E-state index in [0.717, 1.165) is 0 Å². The van der Waals surface area contributed by atoms with Gasteiger partial charge in [-0.25, -0.2) is 13.1 Å². The van der Waals surface area contributed by atoms with Crippen molar-refractivity contribution >= 4 is 27.4 Å². The van der Waals surface area contributed by atoms with Gasteiger partial charge >= 0.3 is 0 Å². The zero-order valence-electron chi connectivity index (χ0n) is 12.3. The van der Waals surface area contributed by atoms with E-state index in [1.807, 2.05) is 0 Å². The first-order valence-corrected chi connectivity index (χ1v) is 8.18. The molecule has 0 radical (unpaired) electrons. The average Bonchev–Trinajstić information content (AvgIpc) is 2.25. The molecule has 0 atom stereocenters. The molecule has 1 aromatic rings. The minimum atomic E-state index is -3.68. The smallest absolute Gasteiger partial charge is 0.241 e. The van der Waals surface area contributed by atoms with Crippen LogP contribution in [0.1, 0.15) is 45.0 Å². The Balaban J connectivity index is 3.29. The molecule has 112 valence electrons. The van der Waals surface area contributed by atoms with Gasteiger partial charge in [0.15, 0.2) is 5.78 Å². The second-order valence-electron chi connectivity index (χ2n) is 6.02. The van der Waals surface area contributed by atoms with Crippen LogP contribution in [0.5, 0.6) is 0 Å². The molecule has 0 amide bonds. The van der Waals surface area contributed by atoms with E-state index in [2.05, 4.69) is 4.72 Å². The van der Waals surface area contributed by atoms with Gasteiger partial charge in [0.05, 0.1) is 9.92 Å². The van der Waals surface area contributed by atoms with E-state index in [1.165, 1.54) is 18.2 Å². The molecule has 0 fully saturated rings. The summed E-state index contributed by atoms with van der Waals surface area (Å²) >= 11 is 5.98. The fourth-order valence-corrected chi connectivity index (χ4v) is 3.29. The van der Waals surface area contributed by atoms with Crippen molar-refractivity contribution in [3.05, 3.63) is 28.8 Å². The van der Waals surface area contributed by atoms with E-state index in [1.54, 1.807) is 34.6 Å². The summed E-state index contributed by atoms with van der Waals surface area (Å²) in [5.41, 5.74) is -0.362. The van der Waals surface area contributed by atoms with E-state index in [4.69, 9.17) is 11.6 Å². The van der Waals surface area contributed by atoms with Crippen LogP contribution in [-0.2, 0) is 10.0 Å². The molecule has 0 aromatic heterocycles. The van der Waals surface area contributed by atoms with Crippen LogP contribution in [0.2, 0.25) is 5.02 Å². The Kier molecular flexibility index (Phi) is 5.00. The maximum Gasteiger partial charge on any atom is 0.241 e. The van der Waals surface area contributed by atoms with Gasteiger partial charge in [0.1, 0.15) is 0 Å². The van der Waals surface area contributed by atoms with Crippen molar-refractivity contribution in [3.63, 3.8) is 0 Å². The largest absolute Gasteiger partial charge is 0.294 e. The van der Waals surface area contributed by atoms with Gasteiger partial charge in [-0.2, -0.15) is 0 Å².